The van der Waals surface area contributed by atoms with Crippen molar-refractivity contribution < 1.29 is 18.7 Å². The molecule has 0 aliphatic rings. The Labute approximate surface area is 177 Å². The number of carbonyl (C=O) groups is 2. The fourth-order valence-corrected chi connectivity index (χ4v) is 3.39. The molecule has 0 atom stereocenters. The summed E-state index contributed by atoms with van der Waals surface area (Å²) in [5.74, 6) is 0.434. The number of benzene rings is 2. The maximum absolute atomic E-state index is 12.4. The number of carbonyl (C=O) groups excluding carboxylic acids is 2. The van der Waals surface area contributed by atoms with E-state index in [1.807, 2.05) is 41.8 Å². The number of anilines is 1. The van der Waals surface area contributed by atoms with Crippen LogP contribution in [0.3, 0.4) is 0 Å². The molecule has 7 heteroatoms. The second kappa shape index (κ2) is 8.75. The zero-order valence-corrected chi connectivity index (χ0v) is 16.9. The van der Waals surface area contributed by atoms with Crippen LogP contribution in [0.1, 0.15) is 31.5 Å². The summed E-state index contributed by atoms with van der Waals surface area (Å²) in [4.78, 5) is 29.5. The number of nitrogens with zero attached hydrogens (tertiary/aromatic N) is 1. The summed E-state index contributed by atoms with van der Waals surface area (Å²) in [6.45, 7) is 1.80. The molecule has 1 N–H and O–H groups in total. The van der Waals surface area contributed by atoms with Crippen molar-refractivity contribution in [3.63, 3.8) is 0 Å². The Balaban J connectivity index is 1.36. The summed E-state index contributed by atoms with van der Waals surface area (Å²) in [5, 5.41) is 4.63. The molecule has 2 heterocycles. The third kappa shape index (κ3) is 4.47. The minimum Gasteiger partial charge on any atom is -0.455 e. The lowest BCUT2D eigenvalue weighted by Gasteiger charge is -2.06. The number of thiophene rings is 1. The predicted octanol–water partition coefficient (Wildman–Crippen LogP) is 5.32. The number of oxazole rings is 1. The van der Waals surface area contributed by atoms with Crippen molar-refractivity contribution in [3.05, 3.63) is 94.0 Å². The Kier molecular flexibility index (Phi) is 5.72. The number of hydrogen-bond donors (Lipinski definition) is 1. The number of aromatic nitrogens is 1. The third-order valence-corrected chi connectivity index (χ3v) is 5.25. The topological polar surface area (TPSA) is 81.4 Å². The lowest BCUT2D eigenvalue weighted by Crippen LogP contribution is -2.10. The van der Waals surface area contributed by atoms with Gasteiger partial charge >= 0.3 is 5.97 Å². The van der Waals surface area contributed by atoms with Gasteiger partial charge in [-0.05, 0) is 54.8 Å². The maximum atomic E-state index is 12.4. The molecule has 0 saturated heterocycles. The van der Waals surface area contributed by atoms with Crippen LogP contribution in [0.15, 0.2) is 76.5 Å². The van der Waals surface area contributed by atoms with E-state index in [0.717, 1.165) is 5.56 Å². The van der Waals surface area contributed by atoms with Crippen LogP contribution in [0.5, 0.6) is 0 Å². The molecule has 150 valence electrons. The van der Waals surface area contributed by atoms with Crippen LogP contribution in [0.25, 0.3) is 11.5 Å². The van der Waals surface area contributed by atoms with Gasteiger partial charge in [0.15, 0.2) is 0 Å². The second-order valence-electron chi connectivity index (χ2n) is 6.47. The van der Waals surface area contributed by atoms with E-state index in [4.69, 9.17) is 9.15 Å². The number of hydrogen-bond acceptors (Lipinski definition) is 6. The first-order valence-electron chi connectivity index (χ1n) is 9.24. The summed E-state index contributed by atoms with van der Waals surface area (Å²) in [6, 6.07) is 19.6. The van der Waals surface area contributed by atoms with Crippen molar-refractivity contribution in [1.82, 2.24) is 4.98 Å². The maximum Gasteiger partial charge on any atom is 0.338 e. The molecule has 1 amide bonds. The molecule has 0 spiro atoms. The van der Waals surface area contributed by atoms with Crippen molar-refractivity contribution >= 4 is 28.9 Å². The van der Waals surface area contributed by atoms with E-state index < -0.39 is 5.97 Å². The quantitative estimate of drug-likeness (QED) is 0.429. The van der Waals surface area contributed by atoms with Crippen LogP contribution < -0.4 is 5.32 Å². The van der Waals surface area contributed by atoms with Crippen LogP contribution in [0.2, 0.25) is 0 Å². The first-order valence-corrected chi connectivity index (χ1v) is 10.1. The number of amides is 1. The fraction of sp³-hybridized carbons (Fsp3) is 0.0870. The van der Waals surface area contributed by atoms with Crippen molar-refractivity contribution in [3.8, 4) is 11.5 Å². The number of nitrogens with one attached hydrogen (secondary N) is 1. The average Bonchev–Trinajstić information content (AvgIpc) is 3.43. The number of esters is 1. The Morgan fingerprint density at radius 1 is 1.03 bits per heavy atom. The summed E-state index contributed by atoms with van der Waals surface area (Å²) in [6.07, 6.45) is 0. The van der Waals surface area contributed by atoms with E-state index in [1.54, 1.807) is 37.3 Å². The molecule has 2 aromatic carbocycles. The highest BCUT2D eigenvalue weighted by molar-refractivity contribution is 7.12. The molecule has 30 heavy (non-hydrogen) atoms. The normalized spacial score (nSPS) is 10.6. The predicted molar refractivity (Wildman–Crippen MR) is 115 cm³/mol. The third-order valence-electron chi connectivity index (χ3n) is 4.38. The largest absolute Gasteiger partial charge is 0.455 e. The Hall–Kier alpha value is -3.71. The number of ether oxygens (including phenoxy) is 1. The summed E-state index contributed by atoms with van der Waals surface area (Å²) in [5.41, 5.74) is 2.42. The molecule has 2 aromatic heterocycles. The molecule has 0 radical (unpaired) electrons. The average molecular weight is 418 g/mol. The highest BCUT2D eigenvalue weighted by Crippen LogP contribution is 2.22. The van der Waals surface area contributed by atoms with Gasteiger partial charge < -0.3 is 14.5 Å². The molecule has 6 nitrogen and oxygen atoms in total. The van der Waals surface area contributed by atoms with Gasteiger partial charge in [-0.1, -0.05) is 24.3 Å². The van der Waals surface area contributed by atoms with Gasteiger partial charge in [0.05, 0.1) is 10.4 Å². The van der Waals surface area contributed by atoms with E-state index in [1.165, 1.54) is 11.3 Å². The van der Waals surface area contributed by atoms with Gasteiger partial charge in [-0.3, -0.25) is 4.79 Å². The van der Waals surface area contributed by atoms with Crippen LogP contribution in [-0.4, -0.2) is 16.9 Å². The highest BCUT2D eigenvalue weighted by Gasteiger charge is 2.15. The van der Waals surface area contributed by atoms with Gasteiger partial charge in [-0.15, -0.1) is 11.3 Å². The first-order chi connectivity index (χ1) is 14.6. The van der Waals surface area contributed by atoms with Gasteiger partial charge in [0, 0.05) is 11.3 Å². The number of rotatable bonds is 6. The second-order valence-corrected chi connectivity index (χ2v) is 7.42. The zero-order chi connectivity index (χ0) is 20.9. The molecule has 0 unspecified atom stereocenters. The van der Waals surface area contributed by atoms with Gasteiger partial charge in [-0.25, -0.2) is 9.78 Å². The van der Waals surface area contributed by atoms with E-state index in [9.17, 15) is 9.59 Å². The Morgan fingerprint density at radius 3 is 2.50 bits per heavy atom. The van der Waals surface area contributed by atoms with Crippen LogP contribution in [-0.2, 0) is 11.3 Å². The SMILES string of the molecule is Cc1oc(-c2ccccc2)nc1COC(=O)c1ccc(NC(=O)c2cccs2)cc1. The minimum atomic E-state index is -0.477. The van der Waals surface area contributed by atoms with Crippen molar-refractivity contribution in [2.45, 2.75) is 13.5 Å². The van der Waals surface area contributed by atoms with E-state index in [2.05, 4.69) is 10.3 Å². The molecule has 0 aliphatic heterocycles. The molecule has 4 aromatic rings. The lowest BCUT2D eigenvalue weighted by molar-refractivity contribution is 0.0467. The van der Waals surface area contributed by atoms with Gasteiger partial charge in [0.1, 0.15) is 18.1 Å². The van der Waals surface area contributed by atoms with Gasteiger partial charge in [0.2, 0.25) is 5.89 Å². The minimum absolute atomic E-state index is 0.0118. The Morgan fingerprint density at radius 2 is 1.80 bits per heavy atom. The van der Waals surface area contributed by atoms with E-state index in [0.29, 0.717) is 33.5 Å². The molecule has 0 bridgehead atoms. The molecule has 0 saturated carbocycles. The van der Waals surface area contributed by atoms with Crippen molar-refractivity contribution in [1.29, 1.82) is 0 Å². The fourth-order valence-electron chi connectivity index (χ4n) is 2.77. The van der Waals surface area contributed by atoms with Crippen LogP contribution in [0.4, 0.5) is 5.69 Å². The highest BCUT2D eigenvalue weighted by atomic mass is 32.1. The van der Waals surface area contributed by atoms with Crippen LogP contribution >= 0.6 is 11.3 Å². The molecular formula is C23H18N2O4S. The van der Waals surface area contributed by atoms with E-state index >= 15 is 0 Å². The molecule has 4 rings (SSSR count). The Bertz CT molecular complexity index is 1150. The monoisotopic (exact) mass is 418 g/mol. The summed E-state index contributed by atoms with van der Waals surface area (Å²) >= 11 is 1.36. The van der Waals surface area contributed by atoms with Crippen LogP contribution in [0, 0.1) is 6.92 Å². The zero-order valence-electron chi connectivity index (χ0n) is 16.1. The molecular weight excluding hydrogens is 400 g/mol. The van der Waals surface area contributed by atoms with Gasteiger partial charge in [-0.2, -0.15) is 0 Å². The standard InChI is InChI=1S/C23H18N2O4S/c1-15-19(25-22(29-15)16-6-3-2-4-7-16)14-28-23(27)17-9-11-18(12-10-17)24-21(26)20-8-5-13-30-20/h2-13H,14H2,1H3,(H,24,26). The molecule has 0 fully saturated rings. The van der Waals surface area contributed by atoms with Crippen molar-refractivity contribution in [2.75, 3.05) is 5.32 Å². The first kappa shape index (κ1) is 19.6. The summed E-state index contributed by atoms with van der Waals surface area (Å²) < 4.78 is 11.1. The lowest BCUT2D eigenvalue weighted by atomic mass is 10.2. The smallest absolute Gasteiger partial charge is 0.338 e. The van der Waals surface area contributed by atoms with Gasteiger partial charge in [0.25, 0.3) is 5.91 Å². The number of aryl methyl sites for hydroxylation is 1. The molecule has 0 aliphatic carbocycles. The summed E-state index contributed by atoms with van der Waals surface area (Å²) in [7, 11) is 0. The van der Waals surface area contributed by atoms with Crippen molar-refractivity contribution in [2.24, 2.45) is 0 Å². The van der Waals surface area contributed by atoms with E-state index in [-0.39, 0.29) is 12.5 Å².